The van der Waals surface area contributed by atoms with Crippen LogP contribution in [0.2, 0.25) is 0 Å². The van der Waals surface area contributed by atoms with Gasteiger partial charge in [-0.05, 0) is 44.2 Å². The minimum atomic E-state index is -4.65. The number of alkyl halides is 3. The first-order valence-corrected chi connectivity index (χ1v) is 13.3. The van der Waals surface area contributed by atoms with Crippen LogP contribution in [-0.2, 0) is 32.5 Å². The van der Waals surface area contributed by atoms with Crippen LogP contribution < -0.4 is 15.0 Å². The number of nitrogens with zero attached hydrogens (tertiary/aromatic N) is 4. The van der Waals surface area contributed by atoms with Gasteiger partial charge in [0, 0.05) is 11.6 Å². The average molecular weight is 554 g/mol. The lowest BCUT2D eigenvalue weighted by Crippen LogP contribution is -2.25. The quantitative estimate of drug-likeness (QED) is 0.255. The molecule has 2 aromatic carbocycles. The minimum absolute atomic E-state index is 0.00134. The molecular formula is C24H26F3N4O6P. The van der Waals surface area contributed by atoms with E-state index in [-0.39, 0.29) is 42.3 Å². The number of hydrogen-bond acceptors (Lipinski definition) is 8. The Labute approximate surface area is 215 Å². The molecule has 14 heteroatoms. The lowest BCUT2D eigenvalue weighted by molar-refractivity contribution is -0.137. The summed E-state index contributed by atoms with van der Waals surface area (Å²) < 4.78 is 78.0. The topological polar surface area (TPSA) is 106 Å². The molecule has 0 radical (unpaired) electrons. The number of hydrogen-bond donors (Lipinski definition) is 0. The van der Waals surface area contributed by atoms with Crippen molar-refractivity contribution in [2.45, 2.75) is 32.7 Å². The van der Waals surface area contributed by atoms with Gasteiger partial charge in [-0.15, -0.1) is 10.2 Å². The number of ether oxygens (including phenoxy) is 2. The third kappa shape index (κ3) is 5.27. The second-order valence-corrected chi connectivity index (χ2v) is 10.2. The van der Waals surface area contributed by atoms with E-state index >= 15 is 0 Å². The van der Waals surface area contributed by atoms with Gasteiger partial charge in [-0.25, -0.2) is 0 Å². The summed E-state index contributed by atoms with van der Waals surface area (Å²) >= 11 is 0. The first kappa shape index (κ1) is 27.6. The molecule has 38 heavy (non-hydrogen) atoms. The second kappa shape index (κ2) is 10.8. The summed E-state index contributed by atoms with van der Waals surface area (Å²) in [6.07, 6.45) is -5.04. The molecule has 0 saturated carbocycles. The predicted molar refractivity (Wildman–Crippen MR) is 133 cm³/mol. The van der Waals surface area contributed by atoms with E-state index in [1.807, 2.05) is 0 Å². The monoisotopic (exact) mass is 554 g/mol. The van der Waals surface area contributed by atoms with Crippen molar-refractivity contribution in [1.29, 1.82) is 0 Å². The highest BCUT2D eigenvalue weighted by Gasteiger charge is 2.33. The molecular weight excluding hydrogens is 528 g/mol. The van der Waals surface area contributed by atoms with Crippen LogP contribution >= 0.6 is 7.60 Å². The van der Waals surface area contributed by atoms with Crippen molar-refractivity contribution in [1.82, 2.24) is 19.2 Å². The fourth-order valence-electron chi connectivity index (χ4n) is 4.15. The number of methoxy groups -OCH3 is 2. The lowest BCUT2D eigenvalue weighted by atomic mass is 10.1. The molecule has 0 amide bonds. The maximum atomic E-state index is 13.7. The third-order valence-corrected chi connectivity index (χ3v) is 7.78. The van der Waals surface area contributed by atoms with Crippen LogP contribution in [0, 0.1) is 0 Å². The van der Waals surface area contributed by atoms with Crippen LogP contribution in [0.4, 0.5) is 13.2 Å². The number of rotatable bonds is 10. The van der Waals surface area contributed by atoms with Crippen molar-refractivity contribution < 1.29 is 36.3 Å². The normalized spacial score (nSPS) is 12.4. The van der Waals surface area contributed by atoms with Crippen molar-refractivity contribution in [3.8, 4) is 11.5 Å². The van der Waals surface area contributed by atoms with Crippen molar-refractivity contribution in [2.75, 3.05) is 27.4 Å². The van der Waals surface area contributed by atoms with Crippen LogP contribution in [-0.4, -0.2) is 46.6 Å². The Morgan fingerprint density at radius 3 is 2.26 bits per heavy atom. The van der Waals surface area contributed by atoms with E-state index in [9.17, 15) is 22.5 Å². The van der Waals surface area contributed by atoms with Gasteiger partial charge in [0.05, 0.1) is 50.6 Å². The molecule has 0 unspecified atom stereocenters. The predicted octanol–water partition coefficient (Wildman–Crippen LogP) is 4.89. The van der Waals surface area contributed by atoms with Gasteiger partial charge < -0.3 is 18.5 Å². The van der Waals surface area contributed by atoms with E-state index in [1.54, 1.807) is 32.0 Å². The fourth-order valence-corrected chi connectivity index (χ4v) is 5.75. The molecule has 4 rings (SSSR count). The molecule has 10 nitrogen and oxygen atoms in total. The first-order chi connectivity index (χ1) is 18.0. The van der Waals surface area contributed by atoms with Gasteiger partial charge in [0.1, 0.15) is 23.5 Å². The zero-order valence-electron chi connectivity index (χ0n) is 21.1. The van der Waals surface area contributed by atoms with Crippen LogP contribution in [0.1, 0.15) is 30.8 Å². The second-order valence-electron chi connectivity index (χ2n) is 8.15. The fraction of sp³-hybridized carbons (Fsp3) is 0.375. The Hall–Kier alpha value is -3.41. The Bertz CT molecular complexity index is 1570. The third-order valence-electron chi connectivity index (χ3n) is 5.81. The summed E-state index contributed by atoms with van der Waals surface area (Å²) in [4.78, 5) is 13.6. The van der Waals surface area contributed by atoms with Crippen LogP contribution in [0.3, 0.4) is 0 Å². The van der Waals surface area contributed by atoms with Crippen LogP contribution in [0.15, 0.2) is 41.2 Å². The van der Waals surface area contributed by atoms with Crippen LogP contribution in [0.5, 0.6) is 11.5 Å². The van der Waals surface area contributed by atoms with E-state index < -0.39 is 31.1 Å². The zero-order chi connectivity index (χ0) is 27.7. The molecule has 0 aliphatic heterocycles. The van der Waals surface area contributed by atoms with E-state index in [0.29, 0.717) is 17.1 Å². The van der Waals surface area contributed by atoms with Crippen molar-refractivity contribution in [3.63, 3.8) is 0 Å². The summed E-state index contributed by atoms with van der Waals surface area (Å²) in [5.41, 5.74) is -1.03. The summed E-state index contributed by atoms with van der Waals surface area (Å²) in [5.74, 6) is 0.928. The smallest absolute Gasteiger partial charge is 0.416 e. The number of fused-ring (bicyclic) bond motifs is 3. The molecule has 0 saturated heterocycles. The highest BCUT2D eigenvalue weighted by Crippen LogP contribution is 2.51. The van der Waals surface area contributed by atoms with Crippen molar-refractivity contribution in [2.24, 2.45) is 0 Å². The highest BCUT2D eigenvalue weighted by molar-refractivity contribution is 7.53. The van der Waals surface area contributed by atoms with E-state index in [1.165, 1.54) is 29.3 Å². The molecule has 0 aliphatic rings. The molecule has 0 fully saturated rings. The van der Waals surface area contributed by atoms with Gasteiger partial charge in [0.15, 0.2) is 0 Å². The Morgan fingerprint density at radius 1 is 0.947 bits per heavy atom. The van der Waals surface area contributed by atoms with Crippen molar-refractivity contribution >= 4 is 24.3 Å². The average Bonchev–Trinajstić information content (AvgIpc) is 3.29. The standard InChI is InChI=1S/C24H26F3N4O6P/c1-5-36-38(33,37-6-2)14-21-28-29-22-23(32)30(13-15-7-9-17(34-3)12-20(15)35-4)18-10-8-16(24(25,26)27)11-19(18)31(21)22/h7-12H,5-6,13-14H2,1-4H3. The largest absolute Gasteiger partial charge is 0.497 e. The number of benzene rings is 2. The van der Waals surface area contributed by atoms with Gasteiger partial charge >= 0.3 is 13.8 Å². The SMILES string of the molecule is CCOP(=O)(Cc1nnc2c(=O)n(Cc3ccc(OC)cc3OC)c3ccc(C(F)(F)F)cc3n12)OCC. The Balaban J connectivity index is 1.98. The summed E-state index contributed by atoms with van der Waals surface area (Å²) in [7, 11) is -0.764. The summed E-state index contributed by atoms with van der Waals surface area (Å²) in [6.45, 7) is 3.37. The summed E-state index contributed by atoms with van der Waals surface area (Å²) in [5, 5.41) is 7.95. The maximum absolute atomic E-state index is 13.7. The van der Waals surface area contributed by atoms with E-state index in [4.69, 9.17) is 18.5 Å². The van der Waals surface area contributed by atoms with E-state index in [2.05, 4.69) is 10.2 Å². The van der Waals surface area contributed by atoms with Gasteiger partial charge in [-0.2, -0.15) is 13.2 Å². The molecule has 2 heterocycles. The van der Waals surface area contributed by atoms with Gasteiger partial charge in [-0.1, -0.05) is 0 Å². The molecule has 0 aliphatic carbocycles. The molecule has 204 valence electrons. The van der Waals surface area contributed by atoms with Crippen molar-refractivity contribution in [3.05, 3.63) is 63.7 Å². The molecule has 0 atom stereocenters. The van der Waals surface area contributed by atoms with Gasteiger partial charge in [0.2, 0.25) is 5.65 Å². The zero-order valence-corrected chi connectivity index (χ0v) is 22.0. The van der Waals surface area contributed by atoms with Gasteiger partial charge in [-0.3, -0.25) is 18.3 Å². The lowest BCUT2D eigenvalue weighted by Gasteiger charge is -2.18. The number of halogens is 3. The maximum Gasteiger partial charge on any atom is 0.416 e. The minimum Gasteiger partial charge on any atom is -0.497 e. The van der Waals surface area contributed by atoms with Crippen LogP contribution in [0.25, 0.3) is 16.7 Å². The first-order valence-electron chi connectivity index (χ1n) is 11.6. The van der Waals surface area contributed by atoms with E-state index in [0.717, 1.165) is 12.1 Å². The molecule has 0 N–H and O–H groups in total. The molecule has 2 aromatic heterocycles. The number of aromatic nitrogens is 4. The molecule has 0 spiro atoms. The summed E-state index contributed by atoms with van der Waals surface area (Å²) in [6, 6.07) is 8.02. The Kier molecular flexibility index (Phi) is 7.82. The molecule has 0 bridgehead atoms. The highest BCUT2D eigenvalue weighted by atomic mass is 31.2. The van der Waals surface area contributed by atoms with Gasteiger partial charge in [0.25, 0.3) is 5.56 Å². The molecule has 4 aromatic rings. The Morgan fingerprint density at radius 2 is 1.66 bits per heavy atom.